The highest BCUT2D eigenvalue weighted by atomic mass is 19.1. The van der Waals surface area contributed by atoms with Crippen LogP contribution in [0.5, 0.6) is 0 Å². The van der Waals surface area contributed by atoms with Gasteiger partial charge in [-0.1, -0.05) is 6.07 Å². The molecule has 1 saturated heterocycles. The quantitative estimate of drug-likeness (QED) is 0.475. The largest absolute Gasteiger partial charge is 0.466 e. The molecule has 2 atom stereocenters. The van der Waals surface area contributed by atoms with Crippen LogP contribution in [0.25, 0.3) is 0 Å². The van der Waals surface area contributed by atoms with Crippen molar-refractivity contribution in [3.8, 4) is 0 Å². The lowest BCUT2D eigenvalue weighted by atomic mass is 10.0. The summed E-state index contributed by atoms with van der Waals surface area (Å²) in [7, 11) is 0. The minimum atomic E-state index is -1.22. The molecule has 6 nitrogen and oxygen atoms in total. The first-order chi connectivity index (χ1) is 14.4. The average Bonchev–Trinajstić information content (AvgIpc) is 3.26. The third kappa shape index (κ3) is 5.79. The highest BCUT2D eigenvalue weighted by Crippen LogP contribution is 2.21. The van der Waals surface area contributed by atoms with Crippen molar-refractivity contribution in [3.63, 3.8) is 0 Å². The van der Waals surface area contributed by atoms with Gasteiger partial charge in [0.1, 0.15) is 23.0 Å². The van der Waals surface area contributed by atoms with Gasteiger partial charge in [-0.05, 0) is 57.5 Å². The van der Waals surface area contributed by atoms with E-state index in [1.165, 1.54) is 24.5 Å². The van der Waals surface area contributed by atoms with Gasteiger partial charge in [0.2, 0.25) is 0 Å². The van der Waals surface area contributed by atoms with Crippen LogP contribution in [0, 0.1) is 11.6 Å². The van der Waals surface area contributed by atoms with Gasteiger partial charge in [-0.2, -0.15) is 0 Å². The Morgan fingerprint density at radius 2 is 2.07 bits per heavy atom. The summed E-state index contributed by atoms with van der Waals surface area (Å²) in [6.45, 7) is 6.09. The lowest BCUT2D eigenvalue weighted by Crippen LogP contribution is -2.51. The van der Waals surface area contributed by atoms with Crippen molar-refractivity contribution >= 4 is 5.96 Å². The number of likely N-dealkylation sites (tertiary alicyclic amines) is 1. The van der Waals surface area contributed by atoms with Gasteiger partial charge in [0.05, 0.1) is 12.8 Å². The monoisotopic (exact) mass is 420 g/mol. The summed E-state index contributed by atoms with van der Waals surface area (Å²) in [5.41, 5.74) is -1.11. The fraction of sp³-hybridized carbons (Fsp3) is 0.500. The normalized spacial score (nSPS) is 20.0. The van der Waals surface area contributed by atoms with Crippen LogP contribution in [0.15, 0.2) is 46.0 Å². The Morgan fingerprint density at radius 1 is 1.30 bits per heavy atom. The maximum absolute atomic E-state index is 14.0. The Labute approximate surface area is 176 Å². The number of nitrogens with zero attached hydrogens (tertiary/aromatic N) is 2. The number of nitrogens with one attached hydrogen (secondary N) is 2. The zero-order valence-corrected chi connectivity index (χ0v) is 17.5. The third-order valence-corrected chi connectivity index (χ3v) is 5.23. The minimum Gasteiger partial charge on any atom is -0.466 e. The average molecular weight is 421 g/mol. The van der Waals surface area contributed by atoms with Crippen molar-refractivity contribution in [1.82, 2.24) is 15.5 Å². The fourth-order valence-corrected chi connectivity index (χ4v) is 3.63. The van der Waals surface area contributed by atoms with Gasteiger partial charge in [0.15, 0.2) is 5.96 Å². The van der Waals surface area contributed by atoms with Crippen LogP contribution in [0.2, 0.25) is 0 Å². The highest BCUT2D eigenvalue weighted by Gasteiger charge is 2.27. The molecule has 0 radical (unpaired) electrons. The smallest absolute Gasteiger partial charge is 0.191 e. The van der Waals surface area contributed by atoms with E-state index in [-0.39, 0.29) is 24.7 Å². The predicted octanol–water partition coefficient (Wildman–Crippen LogP) is 2.99. The van der Waals surface area contributed by atoms with Gasteiger partial charge in [0.25, 0.3) is 0 Å². The van der Waals surface area contributed by atoms with Crippen molar-refractivity contribution in [2.24, 2.45) is 4.99 Å². The molecule has 2 aromatic rings. The molecule has 30 heavy (non-hydrogen) atoms. The molecule has 2 heterocycles. The summed E-state index contributed by atoms with van der Waals surface area (Å²) in [6, 6.07) is 7.49. The van der Waals surface area contributed by atoms with Crippen molar-refractivity contribution in [2.75, 3.05) is 26.2 Å². The summed E-state index contributed by atoms with van der Waals surface area (Å²) in [5, 5.41) is 17.2. The first-order valence-electron chi connectivity index (χ1n) is 10.4. The number of furan rings is 1. The predicted molar refractivity (Wildman–Crippen MR) is 112 cm³/mol. The molecule has 0 saturated carbocycles. The number of piperidine rings is 1. The van der Waals surface area contributed by atoms with Crippen molar-refractivity contribution in [1.29, 1.82) is 0 Å². The molecule has 3 rings (SSSR count). The first kappa shape index (κ1) is 22.2. The summed E-state index contributed by atoms with van der Waals surface area (Å²) in [6.07, 6.45) is 3.36. The second-order valence-electron chi connectivity index (χ2n) is 7.87. The van der Waals surface area contributed by atoms with E-state index in [0.29, 0.717) is 24.8 Å². The number of benzene rings is 1. The first-order valence-corrected chi connectivity index (χ1v) is 10.4. The molecule has 1 aliphatic rings. The Morgan fingerprint density at radius 3 is 2.73 bits per heavy atom. The second kappa shape index (κ2) is 10.0. The Balaban J connectivity index is 1.62. The van der Waals surface area contributed by atoms with Gasteiger partial charge < -0.3 is 20.2 Å². The SMILES string of the molecule is CCNC(=NCC(C)(O)c1ccco1)NC1CCCN(Cc2c(F)cccc2F)C1. The maximum atomic E-state index is 14.0. The lowest BCUT2D eigenvalue weighted by Gasteiger charge is -2.34. The summed E-state index contributed by atoms with van der Waals surface area (Å²) in [4.78, 5) is 6.57. The zero-order chi connectivity index (χ0) is 21.6. The van der Waals surface area contributed by atoms with E-state index in [9.17, 15) is 13.9 Å². The second-order valence-corrected chi connectivity index (χ2v) is 7.87. The Hall–Kier alpha value is -2.45. The number of halogens is 2. The molecule has 1 fully saturated rings. The number of aliphatic hydroxyl groups is 1. The van der Waals surface area contributed by atoms with Gasteiger partial charge >= 0.3 is 0 Å². The van der Waals surface area contributed by atoms with Gasteiger partial charge in [-0.3, -0.25) is 4.90 Å². The van der Waals surface area contributed by atoms with Gasteiger partial charge in [-0.15, -0.1) is 0 Å². The number of hydrogen-bond donors (Lipinski definition) is 3. The lowest BCUT2D eigenvalue weighted by molar-refractivity contribution is 0.0436. The van der Waals surface area contributed by atoms with E-state index >= 15 is 0 Å². The molecule has 3 N–H and O–H groups in total. The van der Waals surface area contributed by atoms with E-state index in [1.54, 1.807) is 19.1 Å². The van der Waals surface area contributed by atoms with Gasteiger partial charge in [0, 0.05) is 31.2 Å². The van der Waals surface area contributed by atoms with Crippen molar-refractivity contribution < 1.29 is 18.3 Å². The van der Waals surface area contributed by atoms with Crippen LogP contribution in [0.4, 0.5) is 8.78 Å². The molecular formula is C22H30F2N4O2. The number of hydrogen-bond acceptors (Lipinski definition) is 4. The Kier molecular flexibility index (Phi) is 7.44. The Bertz CT molecular complexity index is 819. The van der Waals surface area contributed by atoms with Gasteiger partial charge in [-0.25, -0.2) is 13.8 Å². The zero-order valence-electron chi connectivity index (χ0n) is 17.5. The maximum Gasteiger partial charge on any atom is 0.191 e. The highest BCUT2D eigenvalue weighted by molar-refractivity contribution is 5.80. The van der Waals surface area contributed by atoms with Crippen LogP contribution < -0.4 is 10.6 Å². The van der Waals surface area contributed by atoms with Crippen LogP contribution in [-0.2, 0) is 12.1 Å². The molecule has 1 aromatic heterocycles. The fourth-order valence-electron chi connectivity index (χ4n) is 3.63. The summed E-state index contributed by atoms with van der Waals surface area (Å²) in [5.74, 6) is 0.0198. The molecule has 0 spiro atoms. The van der Waals surface area contributed by atoms with Crippen LogP contribution in [0.1, 0.15) is 38.0 Å². The molecule has 1 aliphatic heterocycles. The van der Waals surface area contributed by atoms with E-state index in [4.69, 9.17) is 4.42 Å². The number of rotatable bonds is 7. The van der Waals surface area contributed by atoms with Crippen LogP contribution in [-0.4, -0.2) is 48.2 Å². The summed E-state index contributed by atoms with van der Waals surface area (Å²) < 4.78 is 33.3. The van der Waals surface area contributed by atoms with E-state index in [1.807, 2.05) is 11.8 Å². The minimum absolute atomic E-state index is 0.0833. The molecule has 0 amide bonds. The van der Waals surface area contributed by atoms with Crippen molar-refractivity contribution in [2.45, 2.75) is 44.9 Å². The number of aliphatic imine (C=N–C) groups is 1. The summed E-state index contributed by atoms with van der Waals surface area (Å²) >= 11 is 0. The van der Waals surface area contributed by atoms with Crippen LogP contribution in [0.3, 0.4) is 0 Å². The van der Waals surface area contributed by atoms with E-state index < -0.39 is 17.2 Å². The van der Waals surface area contributed by atoms with Crippen molar-refractivity contribution in [3.05, 3.63) is 59.6 Å². The molecule has 164 valence electrons. The molecule has 2 unspecified atom stereocenters. The molecule has 8 heteroatoms. The molecule has 0 aliphatic carbocycles. The van der Waals surface area contributed by atoms with E-state index in [0.717, 1.165) is 19.4 Å². The topological polar surface area (TPSA) is 73.0 Å². The number of guanidine groups is 1. The molecular weight excluding hydrogens is 390 g/mol. The standard InChI is InChI=1S/C22H30F2N4O2/c1-3-25-21(26-15-22(2,29)20-10-6-12-30-20)27-16-7-5-11-28(13-16)14-17-18(23)8-4-9-19(17)24/h4,6,8-10,12,16,29H,3,5,7,11,13-15H2,1-2H3,(H2,25,26,27). The van der Waals surface area contributed by atoms with E-state index in [2.05, 4.69) is 15.6 Å². The molecule has 0 bridgehead atoms. The van der Waals surface area contributed by atoms with Crippen LogP contribution >= 0.6 is 0 Å². The molecule has 1 aromatic carbocycles. The third-order valence-electron chi connectivity index (χ3n) is 5.23.